The smallest absolute Gasteiger partial charge is 0.265 e. The molecule has 3 aliphatic rings. The zero-order valence-electron chi connectivity index (χ0n) is 25.2. The van der Waals surface area contributed by atoms with Gasteiger partial charge >= 0.3 is 0 Å². The van der Waals surface area contributed by atoms with Crippen LogP contribution in [0, 0.1) is 17.5 Å². The minimum Gasteiger partial charge on any atom is -0.298 e. The average molecular weight is 459 g/mol. The van der Waals surface area contributed by atoms with Crippen LogP contribution in [-0.4, -0.2) is 58.0 Å². The van der Waals surface area contributed by atoms with E-state index in [2.05, 4.69) is 0 Å². The van der Waals surface area contributed by atoms with E-state index in [9.17, 15) is 19.2 Å². The van der Waals surface area contributed by atoms with E-state index >= 15 is 13.2 Å². The number of carbonyl (C=O) groups is 4. The highest BCUT2D eigenvalue weighted by Gasteiger charge is 2.49. The summed E-state index contributed by atoms with van der Waals surface area (Å²) >= 11 is 0. The van der Waals surface area contributed by atoms with Crippen molar-refractivity contribution < 1.29 is 43.3 Å². The van der Waals surface area contributed by atoms with Gasteiger partial charge in [0.15, 0.2) is 11.6 Å². The molecule has 3 aliphatic heterocycles. The maximum Gasteiger partial charge on any atom is 0.265 e. The summed E-state index contributed by atoms with van der Waals surface area (Å²) in [5.74, 6) is -14.8. The van der Waals surface area contributed by atoms with Crippen molar-refractivity contribution in [3.63, 3.8) is 0 Å². The SMILES string of the molecule is [2H]C1([2H])C(c2c(F)c(F)c3c(c2F)C(=O)N([C@@H]2CCC(=O)NC2=O)C3=O)C([2H])([2H])C([2H])([2H])N(C(C)(C)C)C1([2H])[2H]. The first-order valence-corrected chi connectivity index (χ1v) is 9.68. The van der Waals surface area contributed by atoms with Gasteiger partial charge in [-0.25, -0.2) is 13.2 Å². The molecule has 0 aromatic heterocycles. The normalized spacial score (nSPS) is 33.1. The zero-order valence-corrected chi connectivity index (χ0v) is 17.2. The number of fused-ring (bicyclic) bond motifs is 1. The molecule has 0 aliphatic carbocycles. The summed E-state index contributed by atoms with van der Waals surface area (Å²) in [6.07, 6.45) is -8.07. The number of benzene rings is 1. The van der Waals surface area contributed by atoms with Gasteiger partial charge in [-0.2, -0.15) is 0 Å². The molecule has 0 saturated carbocycles. The Hall–Kier alpha value is -2.75. The van der Waals surface area contributed by atoms with Gasteiger partial charge in [-0.15, -0.1) is 0 Å². The number of carbonyl (C=O) groups excluding carboxylic acids is 4. The monoisotopic (exact) mass is 459 g/mol. The van der Waals surface area contributed by atoms with Crippen molar-refractivity contribution in [3.8, 4) is 0 Å². The number of likely N-dealkylation sites (tertiary alicyclic amines) is 1. The molecule has 4 amide bonds. The molecule has 0 radical (unpaired) electrons. The van der Waals surface area contributed by atoms with E-state index in [0.29, 0.717) is 0 Å². The number of nitrogens with zero attached hydrogens (tertiary/aromatic N) is 2. The molecular weight excluding hydrogens is 427 g/mol. The van der Waals surface area contributed by atoms with Gasteiger partial charge in [-0.05, 0) is 58.8 Å². The Labute approximate surface area is 194 Å². The van der Waals surface area contributed by atoms with E-state index < -0.39 is 107 Å². The van der Waals surface area contributed by atoms with Crippen LogP contribution in [0.25, 0.3) is 0 Å². The summed E-state index contributed by atoms with van der Waals surface area (Å²) in [6, 6.07) is -1.70. The van der Waals surface area contributed by atoms with Crippen LogP contribution in [0.3, 0.4) is 0 Å². The largest absolute Gasteiger partial charge is 0.298 e. The predicted octanol–water partition coefficient (Wildman–Crippen LogP) is 2.48. The van der Waals surface area contributed by atoms with Crippen molar-refractivity contribution in [3.05, 3.63) is 34.1 Å². The lowest BCUT2D eigenvalue weighted by Gasteiger charge is -2.41. The quantitative estimate of drug-likeness (QED) is 0.543. The third-order valence-electron chi connectivity index (χ3n) is 5.34. The molecule has 10 heteroatoms. The Morgan fingerprint density at radius 2 is 1.50 bits per heavy atom. The second-order valence-corrected chi connectivity index (χ2v) is 8.50. The maximum atomic E-state index is 16.1. The number of halogens is 3. The van der Waals surface area contributed by atoms with Crippen LogP contribution < -0.4 is 5.32 Å². The molecule has 32 heavy (non-hydrogen) atoms. The van der Waals surface area contributed by atoms with E-state index in [1.54, 1.807) is 0 Å². The first kappa shape index (κ1) is 14.4. The Kier molecular flexibility index (Phi) is 3.46. The van der Waals surface area contributed by atoms with Crippen molar-refractivity contribution in [1.82, 2.24) is 15.1 Å². The fourth-order valence-electron chi connectivity index (χ4n) is 3.68. The standard InChI is InChI=1S/C22H24F3N3O4/c1-22(2,3)27-8-6-10(7-9-27)13-16(23)14-15(18(25)17(13)24)21(32)28(20(14)31)11-4-5-12(29)26-19(11)30/h10-11H,4-9H2,1-3H3,(H,26,29,30)/t11-/m1/s1/i6D2,7D2,8D2,9D2. The molecule has 4 rings (SSSR count). The Morgan fingerprint density at radius 3 is 2.03 bits per heavy atom. The van der Waals surface area contributed by atoms with E-state index in [-0.39, 0.29) is 16.2 Å². The molecule has 1 aromatic rings. The topological polar surface area (TPSA) is 86.8 Å². The molecule has 2 saturated heterocycles. The molecule has 7 nitrogen and oxygen atoms in total. The third kappa shape index (κ3) is 3.41. The Morgan fingerprint density at radius 1 is 0.938 bits per heavy atom. The zero-order chi connectivity index (χ0) is 30.7. The second-order valence-electron chi connectivity index (χ2n) is 8.50. The van der Waals surface area contributed by atoms with Crippen LogP contribution in [-0.2, 0) is 9.59 Å². The minimum absolute atomic E-state index is 0.117. The highest BCUT2D eigenvalue weighted by atomic mass is 19.2. The fraction of sp³-hybridized carbons (Fsp3) is 0.545. The van der Waals surface area contributed by atoms with E-state index in [0.717, 1.165) is 0 Å². The van der Waals surface area contributed by atoms with Crippen molar-refractivity contribution in [1.29, 1.82) is 0 Å². The van der Waals surface area contributed by atoms with Crippen LogP contribution in [0.2, 0.25) is 0 Å². The number of piperidine rings is 2. The second kappa shape index (κ2) is 7.68. The van der Waals surface area contributed by atoms with Gasteiger partial charge in [0.05, 0.1) is 11.1 Å². The lowest BCUT2D eigenvalue weighted by molar-refractivity contribution is -0.136. The molecular formula is C22H24F3N3O4. The molecule has 1 aromatic carbocycles. The summed E-state index contributed by atoms with van der Waals surface area (Å²) in [6.45, 7) is -3.13. The molecule has 0 spiro atoms. The molecule has 172 valence electrons. The van der Waals surface area contributed by atoms with Crippen molar-refractivity contribution in [2.24, 2.45) is 0 Å². The van der Waals surface area contributed by atoms with Gasteiger partial charge in [0.1, 0.15) is 11.9 Å². The number of hydrogen-bond donors (Lipinski definition) is 1. The van der Waals surface area contributed by atoms with Crippen molar-refractivity contribution in [2.75, 3.05) is 13.0 Å². The molecule has 0 bridgehead atoms. The molecule has 1 atom stereocenters. The molecule has 3 heterocycles. The lowest BCUT2D eigenvalue weighted by Crippen LogP contribution is -2.54. The van der Waals surface area contributed by atoms with E-state index in [4.69, 9.17) is 11.0 Å². The Balaban J connectivity index is 1.98. The van der Waals surface area contributed by atoms with Gasteiger partial charge in [-0.1, -0.05) is 0 Å². The number of amides is 4. The summed E-state index contributed by atoms with van der Waals surface area (Å²) in [5.41, 5.74) is -6.29. The number of rotatable bonds is 2. The highest BCUT2D eigenvalue weighted by Crippen LogP contribution is 2.40. The molecule has 0 unspecified atom stereocenters. The van der Waals surface area contributed by atoms with Gasteiger partial charge in [0, 0.05) is 28.5 Å². The molecule has 1 N–H and O–H groups in total. The summed E-state index contributed by atoms with van der Waals surface area (Å²) in [7, 11) is 0. The molecule has 2 fully saturated rings. The fourth-order valence-corrected chi connectivity index (χ4v) is 3.68. The predicted molar refractivity (Wildman–Crippen MR) is 106 cm³/mol. The van der Waals surface area contributed by atoms with Crippen LogP contribution in [0.4, 0.5) is 13.2 Å². The summed E-state index contributed by atoms with van der Waals surface area (Å²) < 4.78 is 115. The maximum absolute atomic E-state index is 16.1. The van der Waals surface area contributed by atoms with Crippen LogP contribution >= 0.6 is 0 Å². The van der Waals surface area contributed by atoms with Crippen LogP contribution in [0.5, 0.6) is 0 Å². The number of imide groups is 2. The van der Waals surface area contributed by atoms with E-state index in [1.807, 2.05) is 5.32 Å². The first-order chi connectivity index (χ1) is 18.0. The first-order valence-electron chi connectivity index (χ1n) is 13.7. The lowest BCUT2D eigenvalue weighted by atomic mass is 9.85. The summed E-state index contributed by atoms with van der Waals surface area (Å²) in [5, 5.41) is 1.86. The van der Waals surface area contributed by atoms with Gasteiger partial charge in [0.2, 0.25) is 11.8 Å². The van der Waals surface area contributed by atoms with Gasteiger partial charge in [0.25, 0.3) is 11.8 Å². The third-order valence-corrected chi connectivity index (χ3v) is 5.34. The highest BCUT2D eigenvalue weighted by molar-refractivity contribution is 6.23. The Bertz CT molecular complexity index is 1350. The average Bonchev–Trinajstić information content (AvgIpc) is 3.03. The van der Waals surface area contributed by atoms with E-state index in [1.165, 1.54) is 20.8 Å². The van der Waals surface area contributed by atoms with Crippen LogP contribution in [0.1, 0.15) is 89.5 Å². The number of hydrogen-bond acceptors (Lipinski definition) is 5. The van der Waals surface area contributed by atoms with Crippen molar-refractivity contribution >= 4 is 23.6 Å². The van der Waals surface area contributed by atoms with Crippen molar-refractivity contribution in [2.45, 2.75) is 63.9 Å². The van der Waals surface area contributed by atoms with Gasteiger partial charge in [-0.3, -0.25) is 34.3 Å². The van der Waals surface area contributed by atoms with Gasteiger partial charge < -0.3 is 0 Å². The van der Waals surface area contributed by atoms with Crippen LogP contribution in [0.15, 0.2) is 0 Å². The number of nitrogens with one attached hydrogen (secondary N) is 1. The summed E-state index contributed by atoms with van der Waals surface area (Å²) in [4.78, 5) is 50.3. The minimum atomic E-state index is -3.66.